The number of anilines is 2. The summed E-state index contributed by atoms with van der Waals surface area (Å²) in [6.45, 7) is 2.67. The summed E-state index contributed by atoms with van der Waals surface area (Å²) in [4.78, 5) is 14.7. The molecule has 0 N–H and O–H groups in total. The second-order valence-electron chi connectivity index (χ2n) is 5.70. The van der Waals surface area contributed by atoms with Crippen molar-refractivity contribution in [2.24, 2.45) is 0 Å². The van der Waals surface area contributed by atoms with E-state index in [0.29, 0.717) is 35.8 Å². The monoisotopic (exact) mass is 327 g/mol. The van der Waals surface area contributed by atoms with Gasteiger partial charge in [-0.1, -0.05) is 17.7 Å². The molecule has 0 aromatic heterocycles. The molecule has 1 aliphatic heterocycles. The molecular formula is C19H21NO4. The third kappa shape index (κ3) is 2.56. The Hall–Kier alpha value is -2.69. The Balaban J connectivity index is 2.23. The van der Waals surface area contributed by atoms with Crippen molar-refractivity contribution in [3.8, 4) is 17.2 Å². The zero-order chi connectivity index (χ0) is 17.3. The molecule has 5 nitrogen and oxygen atoms in total. The number of rotatable bonds is 4. The first kappa shape index (κ1) is 16.2. The number of Topliss-reactive ketones (excluding diaryl/α,β-unsaturated/α-hetero) is 1. The summed E-state index contributed by atoms with van der Waals surface area (Å²) in [6, 6.07) is 10.1. The second kappa shape index (κ2) is 6.43. The molecule has 5 heteroatoms. The maximum absolute atomic E-state index is 12.6. The average Bonchev–Trinajstić information content (AvgIpc) is 2.61. The SMILES string of the molecule is COc1cc2c(c(OC)c1OC)C(=O)CCN2c1ccc(C)cc1. The Morgan fingerprint density at radius 3 is 2.21 bits per heavy atom. The molecule has 2 aromatic rings. The van der Waals surface area contributed by atoms with E-state index < -0.39 is 0 Å². The second-order valence-corrected chi connectivity index (χ2v) is 5.70. The fraction of sp³-hybridized carbons (Fsp3) is 0.316. The molecule has 0 spiro atoms. The molecule has 3 rings (SSSR count). The van der Waals surface area contributed by atoms with E-state index in [9.17, 15) is 4.79 Å². The molecule has 0 amide bonds. The predicted molar refractivity (Wildman–Crippen MR) is 93.2 cm³/mol. The molecule has 1 aliphatic rings. The average molecular weight is 327 g/mol. The van der Waals surface area contributed by atoms with E-state index in [0.717, 1.165) is 11.4 Å². The molecule has 0 atom stereocenters. The van der Waals surface area contributed by atoms with Gasteiger partial charge in [-0.25, -0.2) is 0 Å². The number of carbonyl (C=O) groups excluding carboxylic acids is 1. The van der Waals surface area contributed by atoms with Crippen molar-refractivity contribution in [1.82, 2.24) is 0 Å². The first-order chi connectivity index (χ1) is 11.6. The summed E-state index contributed by atoms with van der Waals surface area (Å²) in [5.74, 6) is 1.46. The van der Waals surface area contributed by atoms with Gasteiger partial charge in [-0.2, -0.15) is 0 Å². The van der Waals surface area contributed by atoms with Gasteiger partial charge < -0.3 is 19.1 Å². The lowest BCUT2D eigenvalue weighted by Gasteiger charge is -2.32. The zero-order valence-corrected chi connectivity index (χ0v) is 14.4. The Labute approximate surface area is 141 Å². The highest BCUT2D eigenvalue weighted by Crippen LogP contribution is 2.48. The van der Waals surface area contributed by atoms with Crippen LogP contribution in [0.1, 0.15) is 22.3 Å². The van der Waals surface area contributed by atoms with Crippen LogP contribution in [-0.2, 0) is 0 Å². The van der Waals surface area contributed by atoms with Gasteiger partial charge in [0, 0.05) is 24.7 Å². The molecule has 0 unspecified atom stereocenters. The first-order valence-corrected chi connectivity index (χ1v) is 7.81. The van der Waals surface area contributed by atoms with Crippen LogP contribution in [0, 0.1) is 6.92 Å². The first-order valence-electron chi connectivity index (χ1n) is 7.81. The zero-order valence-electron chi connectivity index (χ0n) is 14.4. The van der Waals surface area contributed by atoms with Gasteiger partial charge in [-0.15, -0.1) is 0 Å². The van der Waals surface area contributed by atoms with E-state index in [4.69, 9.17) is 14.2 Å². The maximum Gasteiger partial charge on any atom is 0.204 e. The highest BCUT2D eigenvalue weighted by molar-refractivity contribution is 6.08. The van der Waals surface area contributed by atoms with Crippen molar-refractivity contribution in [1.29, 1.82) is 0 Å². The lowest BCUT2D eigenvalue weighted by Crippen LogP contribution is -2.28. The number of carbonyl (C=O) groups is 1. The van der Waals surface area contributed by atoms with Gasteiger partial charge in [0.15, 0.2) is 17.3 Å². The number of benzene rings is 2. The third-order valence-corrected chi connectivity index (χ3v) is 4.29. The van der Waals surface area contributed by atoms with Gasteiger partial charge in [0.05, 0.1) is 32.6 Å². The van der Waals surface area contributed by atoms with Crippen LogP contribution in [0.25, 0.3) is 0 Å². The summed E-state index contributed by atoms with van der Waals surface area (Å²) < 4.78 is 16.3. The molecule has 1 heterocycles. The highest BCUT2D eigenvalue weighted by Gasteiger charge is 2.32. The van der Waals surface area contributed by atoms with Crippen molar-refractivity contribution in [3.05, 3.63) is 41.5 Å². The van der Waals surface area contributed by atoms with Crippen LogP contribution in [0.15, 0.2) is 30.3 Å². The Morgan fingerprint density at radius 1 is 0.958 bits per heavy atom. The third-order valence-electron chi connectivity index (χ3n) is 4.29. The van der Waals surface area contributed by atoms with Crippen LogP contribution in [0.4, 0.5) is 11.4 Å². The number of fused-ring (bicyclic) bond motifs is 1. The molecule has 0 saturated carbocycles. The van der Waals surface area contributed by atoms with Gasteiger partial charge in [-0.3, -0.25) is 4.79 Å². The van der Waals surface area contributed by atoms with Crippen LogP contribution < -0.4 is 19.1 Å². The number of methoxy groups -OCH3 is 3. The van der Waals surface area contributed by atoms with Gasteiger partial charge in [0.1, 0.15) is 0 Å². The Bertz CT molecular complexity index is 768. The molecule has 0 radical (unpaired) electrons. The molecular weight excluding hydrogens is 306 g/mol. The molecule has 0 fully saturated rings. The van der Waals surface area contributed by atoms with Crippen molar-refractivity contribution in [2.45, 2.75) is 13.3 Å². The minimum absolute atomic E-state index is 0.0474. The summed E-state index contributed by atoms with van der Waals surface area (Å²) in [5, 5.41) is 0. The predicted octanol–water partition coefficient (Wildman–Crippen LogP) is 3.75. The molecule has 24 heavy (non-hydrogen) atoms. The van der Waals surface area contributed by atoms with Crippen LogP contribution in [-0.4, -0.2) is 33.7 Å². The fourth-order valence-electron chi connectivity index (χ4n) is 3.08. The van der Waals surface area contributed by atoms with Crippen molar-refractivity contribution < 1.29 is 19.0 Å². The van der Waals surface area contributed by atoms with Crippen molar-refractivity contribution >= 4 is 17.2 Å². The van der Waals surface area contributed by atoms with E-state index in [1.165, 1.54) is 19.8 Å². The number of ether oxygens (including phenoxy) is 3. The van der Waals surface area contributed by atoms with E-state index in [2.05, 4.69) is 29.2 Å². The van der Waals surface area contributed by atoms with E-state index in [1.54, 1.807) is 7.11 Å². The van der Waals surface area contributed by atoms with Gasteiger partial charge in [0.25, 0.3) is 0 Å². The molecule has 126 valence electrons. The van der Waals surface area contributed by atoms with Crippen molar-refractivity contribution in [3.63, 3.8) is 0 Å². The van der Waals surface area contributed by atoms with Crippen LogP contribution in [0.3, 0.4) is 0 Å². The smallest absolute Gasteiger partial charge is 0.204 e. The summed E-state index contributed by atoms with van der Waals surface area (Å²) in [5.41, 5.74) is 3.55. The van der Waals surface area contributed by atoms with Crippen LogP contribution in [0.2, 0.25) is 0 Å². The minimum atomic E-state index is 0.0474. The Morgan fingerprint density at radius 2 is 1.62 bits per heavy atom. The standard InChI is InChI=1S/C19H21NO4/c1-12-5-7-13(8-6-12)20-10-9-15(21)17-14(20)11-16(22-2)18(23-3)19(17)24-4/h5-8,11H,9-10H2,1-4H3. The quantitative estimate of drug-likeness (QED) is 0.856. The fourth-order valence-corrected chi connectivity index (χ4v) is 3.08. The number of nitrogens with zero attached hydrogens (tertiary/aromatic N) is 1. The lowest BCUT2D eigenvalue weighted by atomic mass is 9.97. The highest BCUT2D eigenvalue weighted by atomic mass is 16.5. The van der Waals surface area contributed by atoms with E-state index in [-0.39, 0.29) is 5.78 Å². The van der Waals surface area contributed by atoms with E-state index in [1.807, 2.05) is 13.0 Å². The van der Waals surface area contributed by atoms with Gasteiger partial charge in [0.2, 0.25) is 5.75 Å². The molecule has 0 saturated heterocycles. The molecule has 0 aliphatic carbocycles. The normalized spacial score (nSPS) is 13.5. The topological polar surface area (TPSA) is 48.0 Å². The summed E-state index contributed by atoms with van der Waals surface area (Å²) in [6.07, 6.45) is 0.423. The number of hydrogen-bond donors (Lipinski definition) is 0. The molecule has 0 bridgehead atoms. The maximum atomic E-state index is 12.6. The van der Waals surface area contributed by atoms with Gasteiger partial charge >= 0.3 is 0 Å². The lowest BCUT2D eigenvalue weighted by molar-refractivity contribution is 0.0977. The molecule has 2 aromatic carbocycles. The minimum Gasteiger partial charge on any atom is -0.493 e. The number of hydrogen-bond acceptors (Lipinski definition) is 5. The number of aryl methyl sites for hydroxylation is 1. The van der Waals surface area contributed by atoms with Gasteiger partial charge in [-0.05, 0) is 19.1 Å². The number of ketones is 1. The van der Waals surface area contributed by atoms with Crippen LogP contribution in [0.5, 0.6) is 17.2 Å². The summed E-state index contributed by atoms with van der Waals surface area (Å²) >= 11 is 0. The largest absolute Gasteiger partial charge is 0.493 e. The van der Waals surface area contributed by atoms with Crippen molar-refractivity contribution in [2.75, 3.05) is 32.8 Å². The van der Waals surface area contributed by atoms with E-state index >= 15 is 0 Å². The Kier molecular flexibility index (Phi) is 4.34. The van der Waals surface area contributed by atoms with Crippen LogP contribution >= 0.6 is 0 Å². The summed E-state index contributed by atoms with van der Waals surface area (Å²) in [7, 11) is 4.65.